The lowest BCUT2D eigenvalue weighted by Crippen LogP contribution is -2.29. The molecule has 1 saturated heterocycles. The Morgan fingerprint density at radius 2 is 2.26 bits per heavy atom. The molecule has 0 bridgehead atoms. The van der Waals surface area contributed by atoms with Crippen LogP contribution in [0.15, 0.2) is 28.9 Å². The molecular formula is C17H17FN6O3. The summed E-state index contributed by atoms with van der Waals surface area (Å²) in [4.78, 5) is 18.4. The number of rotatable bonds is 4. The number of aryl methyl sites for hydroxylation is 1. The van der Waals surface area contributed by atoms with Gasteiger partial charge in [-0.3, -0.25) is 4.79 Å². The van der Waals surface area contributed by atoms with E-state index < -0.39 is 5.82 Å². The Kier molecular flexibility index (Phi) is 4.30. The van der Waals surface area contributed by atoms with E-state index >= 15 is 0 Å². The van der Waals surface area contributed by atoms with Gasteiger partial charge in [-0.1, -0.05) is 10.4 Å². The Hall–Kier alpha value is -3.30. The van der Waals surface area contributed by atoms with Crippen molar-refractivity contribution >= 4 is 5.91 Å². The lowest BCUT2D eigenvalue weighted by atomic mass is 10.2. The first-order valence-electron chi connectivity index (χ1n) is 8.40. The number of hydrogen-bond acceptors (Lipinski definition) is 7. The predicted molar refractivity (Wildman–Crippen MR) is 90.6 cm³/mol. The number of nitrogens with zero attached hydrogens (tertiary/aromatic N) is 6. The van der Waals surface area contributed by atoms with Crippen molar-refractivity contribution in [1.29, 1.82) is 0 Å². The lowest BCUT2D eigenvalue weighted by Gasteiger charge is -2.17. The number of likely N-dealkylation sites (tertiary alicyclic amines) is 1. The van der Waals surface area contributed by atoms with Crippen LogP contribution in [0.3, 0.4) is 0 Å². The second-order valence-electron chi connectivity index (χ2n) is 6.27. The van der Waals surface area contributed by atoms with Gasteiger partial charge in [0.2, 0.25) is 0 Å². The molecular weight excluding hydrogens is 355 g/mol. The third kappa shape index (κ3) is 3.25. The molecule has 27 heavy (non-hydrogen) atoms. The molecule has 3 heterocycles. The number of aromatic nitrogens is 5. The van der Waals surface area contributed by atoms with Crippen LogP contribution < -0.4 is 4.74 Å². The Morgan fingerprint density at radius 3 is 2.96 bits per heavy atom. The summed E-state index contributed by atoms with van der Waals surface area (Å²) in [6, 6.07) is 4.18. The molecule has 0 aliphatic carbocycles. The summed E-state index contributed by atoms with van der Waals surface area (Å²) >= 11 is 0. The van der Waals surface area contributed by atoms with Gasteiger partial charge in [0.1, 0.15) is 0 Å². The van der Waals surface area contributed by atoms with E-state index in [1.165, 1.54) is 19.2 Å². The molecule has 1 aliphatic heterocycles. The maximum absolute atomic E-state index is 13.9. The summed E-state index contributed by atoms with van der Waals surface area (Å²) in [7, 11) is 1.38. The zero-order valence-electron chi connectivity index (χ0n) is 14.8. The zero-order valence-corrected chi connectivity index (χ0v) is 14.8. The van der Waals surface area contributed by atoms with Gasteiger partial charge in [0.15, 0.2) is 23.1 Å². The molecule has 9 nitrogen and oxygen atoms in total. The van der Waals surface area contributed by atoms with Gasteiger partial charge in [0, 0.05) is 18.7 Å². The Bertz CT molecular complexity index is 985. The van der Waals surface area contributed by atoms with Gasteiger partial charge in [-0.15, -0.1) is 5.10 Å². The molecule has 0 saturated carbocycles. The van der Waals surface area contributed by atoms with Gasteiger partial charge in [-0.2, -0.15) is 4.98 Å². The van der Waals surface area contributed by atoms with Crippen LogP contribution in [-0.4, -0.2) is 56.1 Å². The summed E-state index contributed by atoms with van der Waals surface area (Å²) in [6.07, 6.45) is 2.44. The lowest BCUT2D eigenvalue weighted by molar-refractivity contribution is 0.0786. The topological polar surface area (TPSA) is 99.2 Å². The van der Waals surface area contributed by atoms with Gasteiger partial charge in [0.25, 0.3) is 11.8 Å². The number of methoxy groups -OCH3 is 1. The van der Waals surface area contributed by atoms with Crippen LogP contribution in [-0.2, 0) is 0 Å². The summed E-state index contributed by atoms with van der Waals surface area (Å²) in [5, 5.41) is 11.9. The fraction of sp³-hybridized carbons (Fsp3) is 0.353. The highest BCUT2D eigenvalue weighted by molar-refractivity contribution is 5.94. The van der Waals surface area contributed by atoms with Crippen LogP contribution in [0.1, 0.15) is 28.6 Å². The summed E-state index contributed by atoms with van der Waals surface area (Å²) in [6.45, 7) is 2.73. The first-order valence-corrected chi connectivity index (χ1v) is 8.40. The molecule has 1 aliphatic rings. The van der Waals surface area contributed by atoms with Crippen molar-refractivity contribution in [2.24, 2.45) is 0 Å². The SMILES string of the molecule is COc1ccc(C(=O)N2CCC(n3cc(-c4nc(C)no4)nn3)C2)cc1F. The predicted octanol–water partition coefficient (Wildman–Crippen LogP) is 1.87. The molecule has 1 amide bonds. The average Bonchev–Trinajstić information content (AvgIpc) is 3.40. The van der Waals surface area contributed by atoms with Crippen molar-refractivity contribution in [3.8, 4) is 17.3 Å². The molecule has 0 radical (unpaired) electrons. The Morgan fingerprint density at radius 1 is 1.41 bits per heavy atom. The Balaban J connectivity index is 1.46. The maximum atomic E-state index is 13.9. The summed E-state index contributed by atoms with van der Waals surface area (Å²) < 4.78 is 25.5. The van der Waals surface area contributed by atoms with E-state index in [1.807, 2.05) is 0 Å². The van der Waals surface area contributed by atoms with Crippen molar-refractivity contribution in [2.75, 3.05) is 20.2 Å². The van der Waals surface area contributed by atoms with Gasteiger partial charge in [-0.25, -0.2) is 9.07 Å². The number of hydrogen-bond donors (Lipinski definition) is 0. The normalized spacial score (nSPS) is 16.7. The van der Waals surface area contributed by atoms with Crippen LogP contribution in [0.5, 0.6) is 5.75 Å². The quantitative estimate of drug-likeness (QED) is 0.689. The van der Waals surface area contributed by atoms with Gasteiger partial charge < -0.3 is 14.2 Å². The van der Waals surface area contributed by atoms with E-state index in [-0.39, 0.29) is 23.3 Å². The van der Waals surface area contributed by atoms with E-state index in [0.717, 1.165) is 6.42 Å². The molecule has 0 N–H and O–H groups in total. The number of benzene rings is 1. The number of carbonyl (C=O) groups is 1. The first kappa shape index (κ1) is 17.1. The standard InChI is InChI=1S/C17H17FN6O3/c1-10-19-16(27-21-10)14-9-24(22-20-14)12-5-6-23(8-12)17(25)11-3-4-15(26-2)13(18)7-11/h3-4,7,9,12H,5-6,8H2,1-2H3. The number of halogens is 1. The minimum atomic E-state index is -0.560. The molecule has 140 valence electrons. The van der Waals surface area contributed by atoms with Crippen molar-refractivity contribution in [3.05, 3.63) is 41.6 Å². The molecule has 4 rings (SSSR count). The smallest absolute Gasteiger partial charge is 0.280 e. The molecule has 10 heteroatoms. The van der Waals surface area contributed by atoms with Crippen LogP contribution in [0, 0.1) is 12.7 Å². The fourth-order valence-corrected chi connectivity index (χ4v) is 3.08. The van der Waals surface area contributed by atoms with Crippen molar-refractivity contribution in [1.82, 2.24) is 30.0 Å². The monoisotopic (exact) mass is 372 g/mol. The Labute approximate surface area is 153 Å². The summed E-state index contributed by atoms with van der Waals surface area (Å²) in [5.41, 5.74) is 0.771. The maximum Gasteiger partial charge on any atom is 0.280 e. The zero-order chi connectivity index (χ0) is 19.0. The number of ether oxygens (including phenoxy) is 1. The molecule has 1 atom stereocenters. The highest BCUT2D eigenvalue weighted by Crippen LogP contribution is 2.25. The number of carbonyl (C=O) groups excluding carboxylic acids is 1. The van der Waals surface area contributed by atoms with Gasteiger partial charge >= 0.3 is 0 Å². The van der Waals surface area contributed by atoms with E-state index in [9.17, 15) is 9.18 Å². The molecule has 2 aromatic heterocycles. The third-order valence-electron chi connectivity index (χ3n) is 4.48. The van der Waals surface area contributed by atoms with Crippen molar-refractivity contribution < 1.29 is 18.4 Å². The van der Waals surface area contributed by atoms with Gasteiger partial charge in [0.05, 0.1) is 19.3 Å². The molecule has 0 spiro atoms. The van der Waals surface area contributed by atoms with E-state index in [0.29, 0.717) is 30.5 Å². The number of amides is 1. The second-order valence-corrected chi connectivity index (χ2v) is 6.27. The van der Waals surface area contributed by atoms with E-state index in [2.05, 4.69) is 20.5 Å². The summed E-state index contributed by atoms with van der Waals surface area (Å²) in [5.74, 6) is 0.140. The van der Waals surface area contributed by atoms with Crippen molar-refractivity contribution in [3.63, 3.8) is 0 Å². The van der Waals surface area contributed by atoms with Gasteiger partial charge in [-0.05, 0) is 31.5 Å². The van der Waals surface area contributed by atoms with Crippen molar-refractivity contribution in [2.45, 2.75) is 19.4 Å². The molecule has 3 aromatic rings. The van der Waals surface area contributed by atoms with Crippen LogP contribution in [0.2, 0.25) is 0 Å². The minimum Gasteiger partial charge on any atom is -0.494 e. The largest absolute Gasteiger partial charge is 0.494 e. The van der Waals surface area contributed by atoms with E-state index in [4.69, 9.17) is 9.26 Å². The first-order chi connectivity index (χ1) is 13.0. The second kappa shape index (κ2) is 6.78. The highest BCUT2D eigenvalue weighted by Gasteiger charge is 2.29. The average molecular weight is 372 g/mol. The highest BCUT2D eigenvalue weighted by atomic mass is 19.1. The molecule has 1 unspecified atom stereocenters. The third-order valence-corrected chi connectivity index (χ3v) is 4.48. The van der Waals surface area contributed by atoms with E-state index in [1.54, 1.807) is 28.8 Å². The van der Waals surface area contributed by atoms with Crippen LogP contribution >= 0.6 is 0 Å². The van der Waals surface area contributed by atoms with Crippen LogP contribution in [0.4, 0.5) is 4.39 Å². The molecule has 1 fully saturated rings. The molecule has 1 aromatic carbocycles. The minimum absolute atomic E-state index is 0.0256. The fourth-order valence-electron chi connectivity index (χ4n) is 3.08. The van der Waals surface area contributed by atoms with Crippen LogP contribution in [0.25, 0.3) is 11.6 Å².